The Hall–Kier alpha value is -1.83. The van der Waals surface area contributed by atoms with Crippen molar-refractivity contribution in [2.75, 3.05) is 18.0 Å². The molecular formula is C21H28F3N3O2. The molecule has 0 radical (unpaired) electrons. The van der Waals surface area contributed by atoms with Crippen LogP contribution < -0.4 is 4.90 Å². The summed E-state index contributed by atoms with van der Waals surface area (Å²) >= 11 is 0. The maximum absolute atomic E-state index is 13.3. The molecule has 1 N–H and O–H groups in total. The van der Waals surface area contributed by atoms with Crippen LogP contribution in [0.1, 0.15) is 68.3 Å². The molecule has 160 valence electrons. The van der Waals surface area contributed by atoms with E-state index in [1.165, 1.54) is 6.42 Å². The number of pyridine rings is 1. The summed E-state index contributed by atoms with van der Waals surface area (Å²) in [4.78, 5) is 21.8. The molecule has 0 aromatic carbocycles. The molecule has 0 unspecified atom stereocenters. The highest BCUT2D eigenvalue weighted by Crippen LogP contribution is 2.44. The van der Waals surface area contributed by atoms with E-state index >= 15 is 0 Å². The van der Waals surface area contributed by atoms with Crippen molar-refractivity contribution in [3.8, 4) is 0 Å². The fraction of sp³-hybridized carbons (Fsp3) is 0.714. The van der Waals surface area contributed by atoms with E-state index in [0.29, 0.717) is 5.69 Å². The zero-order valence-corrected chi connectivity index (χ0v) is 16.5. The molecule has 2 saturated carbocycles. The van der Waals surface area contributed by atoms with E-state index in [1.54, 1.807) is 11.0 Å². The molecular weight excluding hydrogens is 383 g/mol. The minimum absolute atomic E-state index is 0.0741. The van der Waals surface area contributed by atoms with Gasteiger partial charge in [0.1, 0.15) is 11.5 Å². The molecule has 1 amide bonds. The van der Waals surface area contributed by atoms with Crippen molar-refractivity contribution in [1.29, 1.82) is 0 Å². The minimum atomic E-state index is -4.63. The number of hydrogen-bond acceptors (Lipinski definition) is 4. The molecule has 0 spiro atoms. The minimum Gasteiger partial charge on any atom is -0.380 e. The van der Waals surface area contributed by atoms with E-state index in [0.717, 1.165) is 44.6 Å². The van der Waals surface area contributed by atoms with E-state index in [2.05, 4.69) is 9.88 Å². The van der Waals surface area contributed by atoms with Crippen molar-refractivity contribution >= 4 is 11.7 Å². The van der Waals surface area contributed by atoms with Crippen molar-refractivity contribution in [2.45, 2.75) is 81.6 Å². The number of anilines is 1. The molecule has 5 nitrogen and oxygen atoms in total. The SMILES string of the molecule is O=C(c1cccc(N2CCCCC2)n1)N(C1CC1)[C@H]1CC[C@](O)(C(F)(F)F)CC1. The highest BCUT2D eigenvalue weighted by molar-refractivity contribution is 5.93. The normalized spacial score (nSPS) is 28.3. The number of nitrogens with zero attached hydrogens (tertiary/aromatic N) is 3. The zero-order chi connectivity index (χ0) is 20.6. The van der Waals surface area contributed by atoms with Gasteiger partial charge in [0, 0.05) is 25.2 Å². The van der Waals surface area contributed by atoms with Gasteiger partial charge in [0.25, 0.3) is 5.91 Å². The van der Waals surface area contributed by atoms with Gasteiger partial charge >= 0.3 is 6.18 Å². The number of carbonyl (C=O) groups is 1. The van der Waals surface area contributed by atoms with Crippen LogP contribution in [0.5, 0.6) is 0 Å². The summed E-state index contributed by atoms with van der Waals surface area (Å²) < 4.78 is 39.4. The zero-order valence-electron chi connectivity index (χ0n) is 16.5. The molecule has 0 atom stereocenters. The Kier molecular flexibility index (Phi) is 5.48. The Morgan fingerprint density at radius 2 is 1.69 bits per heavy atom. The third kappa shape index (κ3) is 4.22. The van der Waals surface area contributed by atoms with Crippen LogP contribution in [0.15, 0.2) is 18.2 Å². The topological polar surface area (TPSA) is 56.7 Å². The fourth-order valence-electron chi connectivity index (χ4n) is 4.60. The van der Waals surface area contributed by atoms with Gasteiger partial charge in [-0.3, -0.25) is 4.79 Å². The maximum atomic E-state index is 13.3. The largest absolute Gasteiger partial charge is 0.417 e. The third-order valence-electron chi connectivity index (χ3n) is 6.51. The van der Waals surface area contributed by atoms with E-state index in [4.69, 9.17) is 0 Å². The number of amides is 1. The first kappa shape index (κ1) is 20.4. The monoisotopic (exact) mass is 411 g/mol. The summed E-state index contributed by atoms with van der Waals surface area (Å²) in [6.07, 6.45) is 0.130. The van der Waals surface area contributed by atoms with Crippen LogP contribution in [0, 0.1) is 0 Å². The second kappa shape index (κ2) is 7.78. The van der Waals surface area contributed by atoms with Gasteiger partial charge in [-0.1, -0.05) is 6.07 Å². The lowest BCUT2D eigenvalue weighted by Crippen LogP contribution is -2.52. The molecule has 4 rings (SSSR count). The first-order chi connectivity index (χ1) is 13.8. The summed E-state index contributed by atoms with van der Waals surface area (Å²) in [6.45, 7) is 1.85. The molecule has 1 aromatic heterocycles. The summed E-state index contributed by atoms with van der Waals surface area (Å²) in [6, 6.07) is 5.23. The summed E-state index contributed by atoms with van der Waals surface area (Å²) in [7, 11) is 0. The van der Waals surface area contributed by atoms with Gasteiger partial charge in [-0.05, 0) is 69.9 Å². The Morgan fingerprint density at radius 3 is 2.28 bits per heavy atom. The number of hydrogen-bond donors (Lipinski definition) is 1. The van der Waals surface area contributed by atoms with Gasteiger partial charge in [-0.15, -0.1) is 0 Å². The summed E-state index contributed by atoms with van der Waals surface area (Å²) in [5.74, 6) is 0.593. The molecule has 3 aliphatic rings. The van der Waals surface area contributed by atoms with Crippen LogP contribution in [0.3, 0.4) is 0 Å². The molecule has 3 fully saturated rings. The lowest BCUT2D eigenvalue weighted by Gasteiger charge is -2.41. The first-order valence-corrected chi connectivity index (χ1v) is 10.6. The van der Waals surface area contributed by atoms with Crippen LogP contribution >= 0.6 is 0 Å². The van der Waals surface area contributed by atoms with Crippen LogP contribution in [-0.2, 0) is 0 Å². The van der Waals surface area contributed by atoms with Crippen molar-refractivity contribution in [3.05, 3.63) is 23.9 Å². The number of aliphatic hydroxyl groups is 1. The van der Waals surface area contributed by atoms with Crippen LogP contribution in [0.4, 0.5) is 19.0 Å². The first-order valence-electron chi connectivity index (χ1n) is 10.6. The van der Waals surface area contributed by atoms with Gasteiger partial charge in [0.2, 0.25) is 0 Å². The highest BCUT2D eigenvalue weighted by atomic mass is 19.4. The van der Waals surface area contributed by atoms with Gasteiger partial charge in [0.05, 0.1) is 0 Å². The van der Waals surface area contributed by atoms with E-state index in [9.17, 15) is 23.1 Å². The second-order valence-electron chi connectivity index (χ2n) is 8.63. The van der Waals surface area contributed by atoms with Gasteiger partial charge in [-0.2, -0.15) is 13.2 Å². The Bertz CT molecular complexity index is 737. The summed E-state index contributed by atoms with van der Waals surface area (Å²) in [5, 5.41) is 9.95. The van der Waals surface area contributed by atoms with Crippen molar-refractivity contribution in [2.24, 2.45) is 0 Å². The Balaban J connectivity index is 1.49. The summed E-state index contributed by atoms with van der Waals surface area (Å²) in [5.41, 5.74) is -2.27. The number of piperidine rings is 1. The maximum Gasteiger partial charge on any atom is 0.417 e. The quantitative estimate of drug-likeness (QED) is 0.816. The number of carbonyl (C=O) groups excluding carboxylic acids is 1. The van der Waals surface area contributed by atoms with E-state index < -0.39 is 11.8 Å². The van der Waals surface area contributed by atoms with E-state index in [-0.39, 0.29) is 43.7 Å². The second-order valence-corrected chi connectivity index (χ2v) is 8.63. The Morgan fingerprint density at radius 1 is 1.07 bits per heavy atom. The van der Waals surface area contributed by atoms with Gasteiger partial charge in [0.15, 0.2) is 5.60 Å². The third-order valence-corrected chi connectivity index (χ3v) is 6.51. The Labute approximate surface area is 168 Å². The molecule has 1 aromatic rings. The lowest BCUT2D eigenvalue weighted by atomic mass is 9.81. The standard InChI is InChI=1S/C21H28F3N3O2/c22-21(23,24)20(29)11-9-16(10-12-20)27(15-7-8-15)19(28)17-5-4-6-18(25-17)26-13-2-1-3-14-26/h4-6,15-16,29H,1-3,7-14H2/t16-,20+. The molecule has 2 aliphatic carbocycles. The molecule has 0 bridgehead atoms. The van der Waals surface area contributed by atoms with Crippen molar-refractivity contribution in [1.82, 2.24) is 9.88 Å². The molecule has 1 saturated heterocycles. The predicted molar refractivity (Wildman–Crippen MR) is 103 cm³/mol. The molecule has 2 heterocycles. The van der Waals surface area contributed by atoms with Crippen LogP contribution in [-0.4, -0.2) is 57.8 Å². The average Bonchev–Trinajstić information content (AvgIpc) is 3.55. The van der Waals surface area contributed by atoms with Crippen molar-refractivity contribution < 1.29 is 23.1 Å². The van der Waals surface area contributed by atoms with Crippen LogP contribution in [0.2, 0.25) is 0 Å². The number of rotatable bonds is 4. The van der Waals surface area contributed by atoms with Gasteiger partial charge in [-0.25, -0.2) is 4.98 Å². The number of halogens is 3. The highest BCUT2D eigenvalue weighted by Gasteiger charge is 2.55. The smallest absolute Gasteiger partial charge is 0.380 e. The molecule has 1 aliphatic heterocycles. The van der Waals surface area contributed by atoms with Gasteiger partial charge < -0.3 is 14.9 Å². The van der Waals surface area contributed by atoms with Crippen molar-refractivity contribution in [3.63, 3.8) is 0 Å². The van der Waals surface area contributed by atoms with Crippen LogP contribution in [0.25, 0.3) is 0 Å². The molecule has 29 heavy (non-hydrogen) atoms. The number of aromatic nitrogens is 1. The number of alkyl halides is 3. The van der Waals surface area contributed by atoms with E-state index in [1.807, 2.05) is 12.1 Å². The predicted octanol–water partition coefficient (Wildman–Crippen LogP) is 3.91. The lowest BCUT2D eigenvalue weighted by molar-refractivity contribution is -0.271. The average molecular weight is 411 g/mol. The molecule has 8 heteroatoms. The fourth-order valence-corrected chi connectivity index (χ4v) is 4.60.